The Hall–Kier alpha value is -3.04. The molecule has 2 aromatic heterocycles. The normalized spacial score (nSPS) is 16.2. The molecule has 160 valence electrons. The van der Waals surface area contributed by atoms with Gasteiger partial charge in [0.2, 0.25) is 0 Å². The van der Waals surface area contributed by atoms with Gasteiger partial charge in [0.1, 0.15) is 17.8 Å². The Morgan fingerprint density at radius 3 is 3.03 bits per heavy atom. The predicted octanol–water partition coefficient (Wildman–Crippen LogP) is 3.65. The highest BCUT2D eigenvalue weighted by Crippen LogP contribution is 2.32. The lowest BCUT2D eigenvalue weighted by molar-refractivity contribution is -0.119. The van der Waals surface area contributed by atoms with Crippen molar-refractivity contribution in [2.45, 2.75) is 32.4 Å². The molecule has 9 heteroatoms. The number of hydrogen-bond acceptors (Lipinski definition) is 7. The third-order valence-electron chi connectivity index (χ3n) is 5.31. The van der Waals surface area contributed by atoms with E-state index in [0.717, 1.165) is 46.4 Å². The molecular weight excluding hydrogens is 414 g/mol. The summed E-state index contributed by atoms with van der Waals surface area (Å²) in [5.74, 6) is 0.714. The minimum Gasteiger partial charge on any atom is -0.494 e. The van der Waals surface area contributed by atoms with Crippen LogP contribution in [0.4, 0.5) is 5.13 Å². The highest BCUT2D eigenvalue weighted by molar-refractivity contribution is 7.22. The van der Waals surface area contributed by atoms with Crippen LogP contribution in [0.25, 0.3) is 21.3 Å². The van der Waals surface area contributed by atoms with E-state index in [-0.39, 0.29) is 18.6 Å². The summed E-state index contributed by atoms with van der Waals surface area (Å²) in [4.78, 5) is 19.9. The molecule has 0 radical (unpaired) electrons. The molecule has 1 unspecified atom stereocenters. The van der Waals surface area contributed by atoms with E-state index in [0.29, 0.717) is 18.3 Å². The summed E-state index contributed by atoms with van der Waals surface area (Å²) in [5.41, 5.74) is 2.45. The molecule has 0 bridgehead atoms. The third kappa shape index (κ3) is 4.11. The van der Waals surface area contributed by atoms with Crippen molar-refractivity contribution in [2.24, 2.45) is 0 Å². The Kier molecular flexibility index (Phi) is 5.52. The maximum Gasteiger partial charge on any atom is 0.250 e. The zero-order valence-corrected chi connectivity index (χ0v) is 18.0. The molecule has 0 aliphatic carbocycles. The smallest absolute Gasteiger partial charge is 0.250 e. The molecule has 5 rings (SSSR count). The monoisotopic (exact) mass is 437 g/mol. The number of carbonyl (C=O) groups excluding carboxylic acids is 1. The average molecular weight is 438 g/mol. The molecule has 3 heterocycles. The molecule has 4 aromatic rings. The van der Waals surface area contributed by atoms with Crippen LogP contribution in [-0.2, 0) is 16.1 Å². The quantitative estimate of drug-likeness (QED) is 0.439. The van der Waals surface area contributed by atoms with Crippen molar-refractivity contribution in [3.05, 3.63) is 42.5 Å². The van der Waals surface area contributed by atoms with Crippen molar-refractivity contribution >= 4 is 43.6 Å². The topological polar surface area (TPSA) is 82.4 Å². The Balaban J connectivity index is 1.46. The molecule has 0 N–H and O–H groups in total. The summed E-state index contributed by atoms with van der Waals surface area (Å²) in [6, 6.07) is 13.4. The predicted molar refractivity (Wildman–Crippen MR) is 120 cm³/mol. The van der Waals surface area contributed by atoms with E-state index in [9.17, 15) is 4.79 Å². The van der Waals surface area contributed by atoms with E-state index < -0.39 is 0 Å². The van der Waals surface area contributed by atoms with Crippen molar-refractivity contribution in [3.8, 4) is 5.75 Å². The zero-order valence-electron chi connectivity index (χ0n) is 17.2. The van der Waals surface area contributed by atoms with Gasteiger partial charge in [-0.2, -0.15) is 0 Å². The number of hydrogen-bond donors (Lipinski definition) is 0. The van der Waals surface area contributed by atoms with Crippen LogP contribution < -0.4 is 9.64 Å². The van der Waals surface area contributed by atoms with Crippen LogP contribution in [0.5, 0.6) is 5.75 Å². The van der Waals surface area contributed by atoms with E-state index in [1.807, 2.05) is 49.4 Å². The van der Waals surface area contributed by atoms with E-state index in [2.05, 4.69) is 10.3 Å². The molecule has 1 amide bonds. The average Bonchev–Trinajstić information content (AvgIpc) is 3.52. The molecule has 2 aromatic carbocycles. The highest BCUT2D eigenvalue weighted by Gasteiger charge is 2.27. The zero-order chi connectivity index (χ0) is 21.2. The fourth-order valence-corrected chi connectivity index (χ4v) is 4.81. The number of thiazole rings is 1. The Morgan fingerprint density at radius 2 is 2.19 bits per heavy atom. The van der Waals surface area contributed by atoms with Crippen molar-refractivity contribution in [2.75, 3.05) is 24.7 Å². The first kappa shape index (κ1) is 19.9. The van der Waals surface area contributed by atoms with Gasteiger partial charge < -0.3 is 9.47 Å². The number of aromatic nitrogens is 4. The van der Waals surface area contributed by atoms with Gasteiger partial charge in [-0.25, -0.2) is 9.67 Å². The summed E-state index contributed by atoms with van der Waals surface area (Å²) in [6.07, 6.45) is 1.97. The number of benzene rings is 2. The molecule has 0 saturated carbocycles. The van der Waals surface area contributed by atoms with Crippen molar-refractivity contribution in [1.29, 1.82) is 0 Å². The number of anilines is 1. The maximum atomic E-state index is 13.4. The second-order valence-electron chi connectivity index (χ2n) is 7.43. The van der Waals surface area contributed by atoms with Crippen LogP contribution in [0.15, 0.2) is 42.5 Å². The lowest BCUT2D eigenvalue weighted by Gasteiger charge is -2.23. The minimum atomic E-state index is -0.0877. The van der Waals surface area contributed by atoms with Gasteiger partial charge in [-0.1, -0.05) is 28.7 Å². The Bertz CT molecular complexity index is 1210. The number of para-hydroxylation sites is 1. The molecule has 1 fully saturated rings. The SMILES string of the molecule is CCOc1ccc2nc(N(CC3CCCO3)C(=O)Cn3nnc4ccccc43)sc2c1. The van der Waals surface area contributed by atoms with Crippen LogP contribution in [0.2, 0.25) is 0 Å². The Labute approximate surface area is 183 Å². The van der Waals surface area contributed by atoms with Gasteiger partial charge in [0, 0.05) is 6.61 Å². The molecule has 1 saturated heterocycles. The van der Waals surface area contributed by atoms with Crippen LogP contribution in [0.3, 0.4) is 0 Å². The van der Waals surface area contributed by atoms with E-state index in [1.165, 1.54) is 11.3 Å². The first-order chi connectivity index (χ1) is 15.2. The first-order valence-corrected chi connectivity index (χ1v) is 11.3. The van der Waals surface area contributed by atoms with Gasteiger partial charge in [-0.05, 0) is 50.1 Å². The number of nitrogens with zero attached hydrogens (tertiary/aromatic N) is 5. The maximum absolute atomic E-state index is 13.4. The molecule has 8 nitrogen and oxygen atoms in total. The number of fused-ring (bicyclic) bond motifs is 2. The molecule has 1 aliphatic heterocycles. The van der Waals surface area contributed by atoms with Crippen LogP contribution >= 0.6 is 11.3 Å². The Morgan fingerprint density at radius 1 is 1.29 bits per heavy atom. The second kappa shape index (κ2) is 8.60. The van der Waals surface area contributed by atoms with Crippen molar-refractivity contribution < 1.29 is 14.3 Å². The molecule has 31 heavy (non-hydrogen) atoms. The first-order valence-electron chi connectivity index (χ1n) is 10.4. The number of rotatable bonds is 7. The summed E-state index contributed by atoms with van der Waals surface area (Å²) >= 11 is 1.49. The van der Waals surface area contributed by atoms with Gasteiger partial charge in [0.25, 0.3) is 5.91 Å². The van der Waals surface area contributed by atoms with Gasteiger partial charge >= 0.3 is 0 Å². The fourth-order valence-electron chi connectivity index (χ4n) is 3.79. The van der Waals surface area contributed by atoms with Crippen LogP contribution in [0.1, 0.15) is 19.8 Å². The third-order valence-corrected chi connectivity index (χ3v) is 6.35. The molecular formula is C22H23N5O3S. The fraction of sp³-hybridized carbons (Fsp3) is 0.364. The molecule has 1 atom stereocenters. The highest BCUT2D eigenvalue weighted by atomic mass is 32.1. The number of amides is 1. The minimum absolute atomic E-state index is 0.0161. The van der Waals surface area contributed by atoms with Crippen molar-refractivity contribution in [3.63, 3.8) is 0 Å². The van der Waals surface area contributed by atoms with Crippen LogP contribution in [-0.4, -0.2) is 51.7 Å². The lowest BCUT2D eigenvalue weighted by atomic mass is 10.2. The van der Waals surface area contributed by atoms with Gasteiger partial charge in [0.05, 0.1) is 35.0 Å². The van der Waals surface area contributed by atoms with Gasteiger partial charge in [-0.3, -0.25) is 9.69 Å². The number of ether oxygens (including phenoxy) is 2. The molecule has 0 spiro atoms. The second-order valence-corrected chi connectivity index (χ2v) is 8.44. The molecule has 1 aliphatic rings. The van der Waals surface area contributed by atoms with Gasteiger partial charge in [0.15, 0.2) is 5.13 Å². The summed E-state index contributed by atoms with van der Waals surface area (Å²) in [5, 5.41) is 8.99. The summed E-state index contributed by atoms with van der Waals surface area (Å²) in [7, 11) is 0. The van der Waals surface area contributed by atoms with Gasteiger partial charge in [-0.15, -0.1) is 5.10 Å². The summed E-state index contributed by atoms with van der Waals surface area (Å²) in [6.45, 7) is 3.86. The lowest BCUT2D eigenvalue weighted by Crippen LogP contribution is -2.39. The van der Waals surface area contributed by atoms with E-state index >= 15 is 0 Å². The number of carbonyl (C=O) groups is 1. The largest absolute Gasteiger partial charge is 0.494 e. The summed E-state index contributed by atoms with van der Waals surface area (Å²) < 4.78 is 14.0. The standard InChI is InChI=1S/C22H23N5O3S/c1-2-29-15-9-10-18-20(12-15)31-22(23-18)26(13-16-6-5-11-30-16)21(28)14-27-19-8-4-3-7-17(19)24-25-27/h3-4,7-10,12,16H,2,5-6,11,13-14H2,1H3. The van der Waals surface area contributed by atoms with Crippen molar-refractivity contribution in [1.82, 2.24) is 20.0 Å². The van der Waals surface area contributed by atoms with E-state index in [1.54, 1.807) is 9.58 Å². The van der Waals surface area contributed by atoms with Crippen LogP contribution in [0, 0.1) is 0 Å². The van der Waals surface area contributed by atoms with E-state index in [4.69, 9.17) is 14.5 Å².